The summed E-state index contributed by atoms with van der Waals surface area (Å²) in [4.78, 5) is 3.92. The molecule has 0 spiro atoms. The Morgan fingerprint density at radius 2 is 2.09 bits per heavy atom. The molecule has 0 radical (unpaired) electrons. The molecule has 0 N–H and O–H groups in total. The third-order valence-electron chi connectivity index (χ3n) is 1.27. The molecule has 1 heterocycles. The number of hydrogen-bond acceptors (Lipinski definition) is 4. The molecule has 1 aromatic rings. The lowest BCUT2D eigenvalue weighted by molar-refractivity contribution is 0.345. The van der Waals surface area contributed by atoms with E-state index in [2.05, 4.69) is 17.6 Å². The van der Waals surface area contributed by atoms with Crippen LogP contribution in [0.15, 0.2) is 17.3 Å². The van der Waals surface area contributed by atoms with E-state index in [-0.39, 0.29) is 0 Å². The van der Waals surface area contributed by atoms with Gasteiger partial charge in [0.1, 0.15) is 5.03 Å². The zero-order valence-electron chi connectivity index (χ0n) is 6.37. The van der Waals surface area contributed by atoms with Crippen LogP contribution in [0.2, 0.25) is 0 Å². The van der Waals surface area contributed by atoms with E-state index in [0.29, 0.717) is 16.5 Å². The standard InChI is InChI=1S/C7H9NO2S/c1-9-5-3-4-8-7(11)6(5)10-2/h3-4H,1-2H3,(H,8,11). The number of nitrogens with zero attached hydrogens (tertiary/aromatic N) is 1. The predicted octanol–water partition coefficient (Wildman–Crippen LogP) is 1.39. The lowest BCUT2D eigenvalue weighted by Gasteiger charge is -2.07. The van der Waals surface area contributed by atoms with Gasteiger partial charge in [-0.1, -0.05) is 0 Å². The van der Waals surface area contributed by atoms with Crippen molar-refractivity contribution in [2.75, 3.05) is 14.2 Å². The molecule has 0 aliphatic carbocycles. The van der Waals surface area contributed by atoms with Crippen molar-refractivity contribution in [3.8, 4) is 11.5 Å². The molecule has 11 heavy (non-hydrogen) atoms. The van der Waals surface area contributed by atoms with E-state index in [1.807, 2.05) is 0 Å². The first kappa shape index (κ1) is 8.20. The highest BCUT2D eigenvalue weighted by Gasteiger charge is 2.06. The summed E-state index contributed by atoms with van der Waals surface area (Å²) in [5.41, 5.74) is 0. The van der Waals surface area contributed by atoms with Gasteiger partial charge in [-0.15, -0.1) is 12.6 Å². The molecule has 3 nitrogen and oxygen atoms in total. The van der Waals surface area contributed by atoms with E-state index in [4.69, 9.17) is 9.47 Å². The molecule has 0 saturated heterocycles. The van der Waals surface area contributed by atoms with Gasteiger partial charge < -0.3 is 9.47 Å². The summed E-state index contributed by atoms with van der Waals surface area (Å²) in [5.74, 6) is 1.21. The molecule has 0 aliphatic rings. The average molecular weight is 171 g/mol. The molecular weight excluding hydrogens is 162 g/mol. The smallest absolute Gasteiger partial charge is 0.193 e. The van der Waals surface area contributed by atoms with Crippen molar-refractivity contribution in [3.05, 3.63) is 12.3 Å². The number of hydrogen-bond donors (Lipinski definition) is 1. The predicted molar refractivity (Wildman–Crippen MR) is 44.6 cm³/mol. The van der Waals surface area contributed by atoms with Crippen LogP contribution >= 0.6 is 12.6 Å². The topological polar surface area (TPSA) is 31.4 Å². The van der Waals surface area contributed by atoms with Crippen molar-refractivity contribution in [2.24, 2.45) is 0 Å². The van der Waals surface area contributed by atoms with E-state index in [1.54, 1.807) is 26.5 Å². The van der Waals surface area contributed by atoms with Gasteiger partial charge in [-0.05, 0) is 0 Å². The highest BCUT2D eigenvalue weighted by atomic mass is 32.1. The minimum Gasteiger partial charge on any atom is -0.493 e. The summed E-state index contributed by atoms with van der Waals surface area (Å²) >= 11 is 4.09. The van der Waals surface area contributed by atoms with Gasteiger partial charge in [0, 0.05) is 12.3 Å². The Kier molecular flexibility index (Phi) is 2.59. The van der Waals surface area contributed by atoms with Crippen LogP contribution < -0.4 is 9.47 Å². The van der Waals surface area contributed by atoms with E-state index in [9.17, 15) is 0 Å². The van der Waals surface area contributed by atoms with Crippen LogP contribution in [-0.2, 0) is 0 Å². The molecule has 1 rings (SSSR count). The van der Waals surface area contributed by atoms with Crippen molar-refractivity contribution < 1.29 is 9.47 Å². The molecule has 0 amide bonds. The lowest BCUT2D eigenvalue weighted by Crippen LogP contribution is -1.92. The lowest BCUT2D eigenvalue weighted by atomic mass is 10.4. The fourth-order valence-electron chi connectivity index (χ4n) is 0.773. The summed E-state index contributed by atoms with van der Waals surface area (Å²) in [5, 5.41) is 0.534. The minimum atomic E-state index is 0.534. The maximum absolute atomic E-state index is 5.00. The second kappa shape index (κ2) is 3.48. The normalized spacial score (nSPS) is 9.36. The zero-order chi connectivity index (χ0) is 8.27. The number of methoxy groups -OCH3 is 2. The molecule has 60 valence electrons. The Labute approximate surface area is 70.8 Å². The van der Waals surface area contributed by atoms with Gasteiger partial charge in [-0.25, -0.2) is 4.98 Å². The Morgan fingerprint density at radius 3 is 2.55 bits per heavy atom. The molecule has 0 aliphatic heterocycles. The van der Waals surface area contributed by atoms with Crippen LogP contribution in [0.25, 0.3) is 0 Å². The molecule has 0 bridgehead atoms. The SMILES string of the molecule is COc1ccnc(S)c1OC. The van der Waals surface area contributed by atoms with Gasteiger partial charge in [-0.2, -0.15) is 0 Å². The molecule has 0 unspecified atom stereocenters. The molecule has 0 fully saturated rings. The van der Waals surface area contributed by atoms with Gasteiger partial charge in [0.2, 0.25) is 0 Å². The number of ether oxygens (including phenoxy) is 2. The number of aromatic nitrogens is 1. The number of pyridine rings is 1. The van der Waals surface area contributed by atoms with Crippen LogP contribution in [0.5, 0.6) is 11.5 Å². The third-order valence-corrected chi connectivity index (χ3v) is 1.59. The maximum atomic E-state index is 5.00. The Balaban J connectivity index is 3.13. The number of rotatable bonds is 2. The Morgan fingerprint density at radius 1 is 1.36 bits per heavy atom. The van der Waals surface area contributed by atoms with Gasteiger partial charge in [0.05, 0.1) is 14.2 Å². The van der Waals surface area contributed by atoms with Gasteiger partial charge in [0.25, 0.3) is 0 Å². The largest absolute Gasteiger partial charge is 0.493 e. The zero-order valence-corrected chi connectivity index (χ0v) is 7.26. The van der Waals surface area contributed by atoms with Crippen LogP contribution in [0.1, 0.15) is 0 Å². The highest BCUT2D eigenvalue weighted by Crippen LogP contribution is 2.30. The number of thiol groups is 1. The first-order chi connectivity index (χ1) is 5.29. The van der Waals surface area contributed by atoms with Crippen molar-refractivity contribution in [1.29, 1.82) is 0 Å². The van der Waals surface area contributed by atoms with Crippen LogP contribution in [0, 0.1) is 0 Å². The summed E-state index contributed by atoms with van der Waals surface area (Å²) in [6, 6.07) is 1.72. The van der Waals surface area contributed by atoms with Gasteiger partial charge in [-0.3, -0.25) is 0 Å². The molecule has 0 saturated carbocycles. The summed E-state index contributed by atoms with van der Waals surface area (Å²) in [6.07, 6.45) is 1.61. The summed E-state index contributed by atoms with van der Waals surface area (Å²) in [7, 11) is 3.13. The van der Waals surface area contributed by atoms with Crippen LogP contribution in [0.4, 0.5) is 0 Å². The monoisotopic (exact) mass is 171 g/mol. The summed E-state index contributed by atoms with van der Waals surface area (Å²) < 4.78 is 10.0. The fourth-order valence-corrected chi connectivity index (χ4v) is 1.04. The van der Waals surface area contributed by atoms with E-state index in [1.165, 1.54) is 0 Å². The quantitative estimate of drug-likeness (QED) is 0.682. The van der Waals surface area contributed by atoms with Crippen LogP contribution in [-0.4, -0.2) is 19.2 Å². The first-order valence-electron chi connectivity index (χ1n) is 3.05. The molecule has 0 aromatic carbocycles. The molecule has 4 heteroatoms. The maximum Gasteiger partial charge on any atom is 0.193 e. The summed E-state index contributed by atoms with van der Waals surface area (Å²) in [6.45, 7) is 0. The fraction of sp³-hybridized carbons (Fsp3) is 0.286. The second-order valence-corrected chi connectivity index (χ2v) is 2.29. The minimum absolute atomic E-state index is 0.534. The Bertz CT molecular complexity index is 252. The molecule has 0 atom stereocenters. The van der Waals surface area contributed by atoms with E-state index >= 15 is 0 Å². The second-order valence-electron chi connectivity index (χ2n) is 1.87. The first-order valence-corrected chi connectivity index (χ1v) is 3.50. The van der Waals surface area contributed by atoms with Crippen molar-refractivity contribution in [3.63, 3.8) is 0 Å². The van der Waals surface area contributed by atoms with Gasteiger partial charge in [0.15, 0.2) is 11.5 Å². The van der Waals surface area contributed by atoms with Crippen molar-refractivity contribution >= 4 is 12.6 Å². The van der Waals surface area contributed by atoms with Gasteiger partial charge >= 0.3 is 0 Å². The van der Waals surface area contributed by atoms with E-state index < -0.39 is 0 Å². The van der Waals surface area contributed by atoms with Crippen molar-refractivity contribution in [2.45, 2.75) is 5.03 Å². The Hall–Kier alpha value is -0.900. The van der Waals surface area contributed by atoms with Crippen molar-refractivity contribution in [1.82, 2.24) is 4.98 Å². The molecule has 1 aromatic heterocycles. The average Bonchev–Trinajstić information content (AvgIpc) is 2.04. The molecular formula is C7H9NO2S. The van der Waals surface area contributed by atoms with E-state index in [0.717, 1.165) is 0 Å². The third kappa shape index (κ3) is 1.57. The van der Waals surface area contributed by atoms with Crippen LogP contribution in [0.3, 0.4) is 0 Å². The highest BCUT2D eigenvalue weighted by molar-refractivity contribution is 7.80.